The minimum Gasteiger partial charge on any atom is -0.341 e. The second-order valence-corrected chi connectivity index (χ2v) is 7.74. The molecule has 1 amide bonds. The molecule has 0 aliphatic carbocycles. The number of amides is 1. The van der Waals surface area contributed by atoms with Crippen LogP contribution in [0.5, 0.6) is 0 Å². The number of carbonyl (C=O) groups excluding carboxylic acids is 1. The van der Waals surface area contributed by atoms with E-state index in [0.717, 1.165) is 37.7 Å². The zero-order valence-electron chi connectivity index (χ0n) is 14.5. The van der Waals surface area contributed by atoms with E-state index in [1.807, 2.05) is 22.4 Å². The zero-order valence-corrected chi connectivity index (χ0v) is 15.3. The first-order valence-corrected chi connectivity index (χ1v) is 9.84. The Labute approximate surface area is 155 Å². The highest BCUT2D eigenvalue weighted by Crippen LogP contribution is 2.22. The van der Waals surface area contributed by atoms with Crippen molar-refractivity contribution in [1.82, 2.24) is 14.7 Å². The number of hydrogen-bond donors (Lipinski definition) is 0. The molecule has 1 saturated heterocycles. The number of aromatic nitrogens is 2. The third-order valence-corrected chi connectivity index (χ3v) is 6.00. The van der Waals surface area contributed by atoms with E-state index in [1.165, 1.54) is 21.6 Å². The van der Waals surface area contributed by atoms with Crippen LogP contribution >= 0.6 is 11.3 Å². The van der Waals surface area contributed by atoms with E-state index in [1.54, 1.807) is 6.20 Å². The van der Waals surface area contributed by atoms with E-state index < -0.39 is 0 Å². The molecule has 1 aromatic carbocycles. The van der Waals surface area contributed by atoms with Crippen molar-refractivity contribution >= 4 is 27.3 Å². The van der Waals surface area contributed by atoms with Gasteiger partial charge in [0.1, 0.15) is 11.2 Å². The van der Waals surface area contributed by atoms with Crippen molar-refractivity contribution in [2.24, 2.45) is 5.92 Å². The highest BCUT2D eigenvalue weighted by atomic mass is 32.1. The zero-order chi connectivity index (χ0) is 17.9. The predicted molar refractivity (Wildman–Crippen MR) is 103 cm³/mol. The van der Waals surface area contributed by atoms with Gasteiger partial charge in [-0.05, 0) is 42.2 Å². The van der Waals surface area contributed by atoms with Crippen LogP contribution in [0.15, 0.2) is 52.8 Å². The lowest BCUT2D eigenvalue weighted by atomic mass is 9.90. The SMILES string of the molecule is O=C(Cn1ncc2ccsc2c1=O)N1CCC(Cc2ccccc2)CC1. The van der Waals surface area contributed by atoms with Gasteiger partial charge in [0.25, 0.3) is 5.56 Å². The van der Waals surface area contributed by atoms with E-state index in [-0.39, 0.29) is 18.0 Å². The molecule has 2 aromatic heterocycles. The molecule has 4 rings (SSSR count). The first-order chi connectivity index (χ1) is 12.7. The maximum atomic E-state index is 12.6. The Hall–Kier alpha value is -2.47. The van der Waals surface area contributed by atoms with Gasteiger partial charge in [0.15, 0.2) is 0 Å². The molecule has 3 aromatic rings. The summed E-state index contributed by atoms with van der Waals surface area (Å²) in [5.41, 5.74) is 1.18. The van der Waals surface area contributed by atoms with Gasteiger partial charge in [-0.25, -0.2) is 4.68 Å². The first kappa shape index (κ1) is 17.0. The molecule has 0 spiro atoms. The van der Waals surface area contributed by atoms with Crippen molar-refractivity contribution in [3.8, 4) is 0 Å². The highest BCUT2D eigenvalue weighted by molar-refractivity contribution is 7.17. The van der Waals surface area contributed by atoms with Gasteiger partial charge in [-0.15, -0.1) is 11.3 Å². The van der Waals surface area contributed by atoms with E-state index >= 15 is 0 Å². The summed E-state index contributed by atoms with van der Waals surface area (Å²) in [7, 11) is 0. The number of likely N-dealkylation sites (tertiary alicyclic amines) is 1. The van der Waals surface area contributed by atoms with Crippen molar-refractivity contribution in [3.63, 3.8) is 0 Å². The molecule has 0 N–H and O–H groups in total. The minimum atomic E-state index is -0.176. The molecule has 0 saturated carbocycles. The van der Waals surface area contributed by atoms with Gasteiger partial charge >= 0.3 is 0 Å². The summed E-state index contributed by atoms with van der Waals surface area (Å²) in [4.78, 5) is 26.9. The summed E-state index contributed by atoms with van der Waals surface area (Å²) in [5, 5.41) is 6.86. The van der Waals surface area contributed by atoms with Crippen LogP contribution < -0.4 is 5.56 Å². The highest BCUT2D eigenvalue weighted by Gasteiger charge is 2.23. The summed E-state index contributed by atoms with van der Waals surface area (Å²) in [5.74, 6) is 0.596. The molecular formula is C20H21N3O2S. The molecule has 3 heterocycles. The summed E-state index contributed by atoms with van der Waals surface area (Å²) in [6.45, 7) is 1.54. The van der Waals surface area contributed by atoms with Gasteiger partial charge in [-0.1, -0.05) is 30.3 Å². The Kier molecular flexibility index (Phi) is 4.84. The van der Waals surface area contributed by atoms with Crippen molar-refractivity contribution < 1.29 is 4.79 Å². The fraction of sp³-hybridized carbons (Fsp3) is 0.350. The topological polar surface area (TPSA) is 55.2 Å². The number of carbonyl (C=O) groups is 1. The van der Waals surface area contributed by atoms with Crippen LogP contribution in [0.4, 0.5) is 0 Å². The summed E-state index contributed by atoms with van der Waals surface area (Å²) in [6.07, 6.45) is 4.74. The number of benzene rings is 1. The quantitative estimate of drug-likeness (QED) is 0.712. The van der Waals surface area contributed by atoms with Gasteiger partial charge in [0.2, 0.25) is 5.91 Å². The molecule has 6 heteroatoms. The lowest BCUT2D eigenvalue weighted by molar-refractivity contribution is -0.133. The van der Waals surface area contributed by atoms with Crippen LogP contribution in [0.1, 0.15) is 18.4 Å². The van der Waals surface area contributed by atoms with Crippen LogP contribution in [0, 0.1) is 5.92 Å². The fourth-order valence-electron chi connectivity index (χ4n) is 3.57. The summed E-state index contributed by atoms with van der Waals surface area (Å²) in [6, 6.07) is 12.4. The van der Waals surface area contributed by atoms with Gasteiger partial charge in [0.05, 0.1) is 6.20 Å². The molecule has 1 aliphatic rings. The summed E-state index contributed by atoms with van der Waals surface area (Å²) >= 11 is 1.39. The van der Waals surface area contributed by atoms with Crippen LogP contribution in [-0.2, 0) is 17.8 Å². The van der Waals surface area contributed by atoms with Gasteiger partial charge in [-0.2, -0.15) is 5.10 Å². The number of nitrogens with zero attached hydrogens (tertiary/aromatic N) is 3. The fourth-order valence-corrected chi connectivity index (χ4v) is 4.38. The van der Waals surface area contributed by atoms with Crippen molar-refractivity contribution in [3.05, 3.63) is 63.9 Å². The molecule has 26 heavy (non-hydrogen) atoms. The largest absolute Gasteiger partial charge is 0.341 e. The average molecular weight is 367 g/mol. The third kappa shape index (κ3) is 3.55. The van der Waals surface area contributed by atoms with Crippen LogP contribution in [-0.4, -0.2) is 33.7 Å². The molecule has 134 valence electrons. The second-order valence-electron chi connectivity index (χ2n) is 6.83. The van der Waals surface area contributed by atoms with Crippen molar-refractivity contribution in [2.45, 2.75) is 25.8 Å². The number of rotatable bonds is 4. The lowest BCUT2D eigenvalue weighted by Gasteiger charge is -2.32. The monoisotopic (exact) mass is 367 g/mol. The number of fused-ring (bicyclic) bond motifs is 1. The van der Waals surface area contributed by atoms with Gasteiger partial charge in [-0.3, -0.25) is 9.59 Å². The van der Waals surface area contributed by atoms with E-state index in [0.29, 0.717) is 10.6 Å². The van der Waals surface area contributed by atoms with E-state index in [9.17, 15) is 9.59 Å². The normalized spacial score (nSPS) is 15.5. The van der Waals surface area contributed by atoms with Crippen molar-refractivity contribution in [2.75, 3.05) is 13.1 Å². The molecule has 5 nitrogen and oxygen atoms in total. The molecule has 1 fully saturated rings. The maximum absolute atomic E-state index is 12.6. The van der Waals surface area contributed by atoms with Gasteiger partial charge in [0, 0.05) is 18.5 Å². The smallest absolute Gasteiger partial charge is 0.285 e. The predicted octanol–water partition coefficient (Wildman–Crippen LogP) is 2.94. The number of piperidine rings is 1. The number of hydrogen-bond acceptors (Lipinski definition) is 4. The first-order valence-electron chi connectivity index (χ1n) is 8.96. The Morgan fingerprint density at radius 2 is 1.92 bits per heavy atom. The van der Waals surface area contributed by atoms with E-state index in [4.69, 9.17) is 0 Å². The third-order valence-electron chi connectivity index (χ3n) is 5.08. The summed E-state index contributed by atoms with van der Waals surface area (Å²) < 4.78 is 1.95. The standard InChI is InChI=1S/C20H21N3O2S/c24-18(14-23-20(25)19-17(13-21-23)8-11-26-19)22-9-6-16(7-10-22)12-15-4-2-1-3-5-15/h1-5,8,11,13,16H,6-7,9-10,12,14H2. The van der Waals surface area contributed by atoms with Crippen LogP contribution in [0.25, 0.3) is 10.1 Å². The maximum Gasteiger partial charge on any atom is 0.285 e. The van der Waals surface area contributed by atoms with Crippen LogP contribution in [0.2, 0.25) is 0 Å². The Morgan fingerprint density at radius 1 is 1.15 bits per heavy atom. The average Bonchev–Trinajstić information content (AvgIpc) is 3.15. The van der Waals surface area contributed by atoms with Crippen molar-refractivity contribution in [1.29, 1.82) is 0 Å². The van der Waals surface area contributed by atoms with E-state index in [2.05, 4.69) is 29.4 Å². The second kappa shape index (κ2) is 7.41. The van der Waals surface area contributed by atoms with Crippen LogP contribution in [0.3, 0.4) is 0 Å². The Bertz CT molecular complexity index is 956. The molecule has 0 atom stereocenters. The molecule has 0 unspecified atom stereocenters. The lowest BCUT2D eigenvalue weighted by Crippen LogP contribution is -2.42. The Morgan fingerprint density at radius 3 is 2.69 bits per heavy atom. The molecule has 0 radical (unpaired) electrons. The number of thiophene rings is 1. The molecule has 0 bridgehead atoms. The minimum absolute atomic E-state index is 0.0198. The Balaban J connectivity index is 1.36. The molecule has 1 aliphatic heterocycles. The molecular weight excluding hydrogens is 346 g/mol. The van der Waals surface area contributed by atoms with Gasteiger partial charge < -0.3 is 4.90 Å².